The zero-order valence-electron chi connectivity index (χ0n) is 17.9. The lowest BCUT2D eigenvalue weighted by Gasteiger charge is -2.34. The van der Waals surface area contributed by atoms with Gasteiger partial charge in [0.05, 0.1) is 15.1 Å². The van der Waals surface area contributed by atoms with Gasteiger partial charge in [-0.05, 0) is 22.9 Å². The van der Waals surface area contributed by atoms with Crippen LogP contribution in [0.25, 0.3) is 21.0 Å². The van der Waals surface area contributed by atoms with Crippen LogP contribution in [0.2, 0.25) is 0 Å². The molecule has 1 fully saturated rings. The van der Waals surface area contributed by atoms with Crippen LogP contribution in [0.3, 0.4) is 0 Å². The number of carbonyl (C=O) groups is 1. The summed E-state index contributed by atoms with van der Waals surface area (Å²) in [6, 6.07) is 18.5. The van der Waals surface area contributed by atoms with E-state index in [0.29, 0.717) is 12.1 Å². The van der Waals surface area contributed by atoms with E-state index in [4.69, 9.17) is 0 Å². The molecule has 1 amide bonds. The summed E-state index contributed by atoms with van der Waals surface area (Å²) < 4.78 is 0.831. The fraction of sp³-hybridized carbons (Fsp3) is 0.250. The minimum absolute atomic E-state index is 0.0472. The van der Waals surface area contributed by atoms with E-state index < -0.39 is 0 Å². The van der Waals surface area contributed by atoms with Crippen LogP contribution in [0.4, 0.5) is 10.8 Å². The third-order valence-corrected chi connectivity index (χ3v) is 7.04. The maximum absolute atomic E-state index is 12.7. The standard InChI is InChI=1S/C24H23N5O3S/c30-23(20-7-3-5-17-4-1-2-6-19(17)20)25-10-11-27-12-14-28(15-13-27)24-26-21-9-8-18(29(31)32)16-22(21)33-24/h1-9,16H,10-15H2,(H,25,30). The average molecular weight is 462 g/mol. The summed E-state index contributed by atoms with van der Waals surface area (Å²) in [6.07, 6.45) is 0. The van der Waals surface area contributed by atoms with Gasteiger partial charge in [-0.1, -0.05) is 47.7 Å². The van der Waals surface area contributed by atoms with E-state index in [-0.39, 0.29) is 16.5 Å². The maximum Gasteiger partial charge on any atom is 0.270 e. The molecule has 5 rings (SSSR count). The Morgan fingerprint density at radius 1 is 1.06 bits per heavy atom. The SMILES string of the molecule is O=C(NCCN1CCN(c2nc3ccc([N+](=O)[O-])cc3s2)CC1)c1cccc2ccccc12. The Morgan fingerprint density at radius 2 is 1.85 bits per heavy atom. The van der Waals surface area contributed by atoms with E-state index in [1.165, 1.54) is 17.4 Å². The van der Waals surface area contributed by atoms with Gasteiger partial charge in [0.1, 0.15) is 0 Å². The Morgan fingerprint density at radius 3 is 2.67 bits per heavy atom. The van der Waals surface area contributed by atoms with Gasteiger partial charge in [0.2, 0.25) is 0 Å². The molecule has 0 radical (unpaired) electrons. The Hall–Kier alpha value is -3.56. The first-order chi connectivity index (χ1) is 16.1. The van der Waals surface area contributed by atoms with Crippen molar-refractivity contribution in [3.05, 3.63) is 76.3 Å². The molecule has 1 aromatic heterocycles. The second-order valence-electron chi connectivity index (χ2n) is 8.02. The van der Waals surface area contributed by atoms with Gasteiger partial charge in [0, 0.05) is 57.0 Å². The summed E-state index contributed by atoms with van der Waals surface area (Å²) in [4.78, 5) is 32.5. The molecule has 33 heavy (non-hydrogen) atoms. The molecule has 4 aromatic rings. The summed E-state index contributed by atoms with van der Waals surface area (Å²) >= 11 is 1.49. The fourth-order valence-corrected chi connectivity index (χ4v) is 5.21. The zero-order chi connectivity index (χ0) is 22.8. The summed E-state index contributed by atoms with van der Waals surface area (Å²) in [5.74, 6) is -0.0472. The maximum atomic E-state index is 12.7. The number of amides is 1. The molecule has 1 saturated heterocycles. The molecule has 1 aliphatic rings. The first-order valence-electron chi connectivity index (χ1n) is 10.9. The molecule has 1 N–H and O–H groups in total. The first-order valence-corrected chi connectivity index (χ1v) is 11.7. The minimum atomic E-state index is -0.378. The predicted octanol–water partition coefficient (Wildman–Crippen LogP) is 3.91. The number of nitro groups is 1. The Labute approximate surface area is 194 Å². The molecule has 0 bridgehead atoms. The van der Waals surface area contributed by atoms with Crippen LogP contribution >= 0.6 is 11.3 Å². The molecule has 9 heteroatoms. The van der Waals surface area contributed by atoms with Crippen molar-refractivity contribution in [2.45, 2.75) is 0 Å². The van der Waals surface area contributed by atoms with E-state index in [1.54, 1.807) is 12.1 Å². The Bertz CT molecular complexity index is 1320. The number of fused-ring (bicyclic) bond motifs is 2. The molecule has 0 spiro atoms. The average Bonchev–Trinajstić information content (AvgIpc) is 3.27. The lowest BCUT2D eigenvalue weighted by atomic mass is 10.0. The van der Waals surface area contributed by atoms with Gasteiger partial charge in [-0.25, -0.2) is 4.98 Å². The zero-order valence-corrected chi connectivity index (χ0v) is 18.8. The van der Waals surface area contributed by atoms with Crippen LogP contribution in [0.1, 0.15) is 10.4 Å². The molecule has 168 valence electrons. The number of hydrogen-bond acceptors (Lipinski definition) is 7. The molecule has 8 nitrogen and oxygen atoms in total. The smallest absolute Gasteiger partial charge is 0.270 e. The number of thiazole rings is 1. The van der Waals surface area contributed by atoms with Crippen LogP contribution in [-0.2, 0) is 0 Å². The van der Waals surface area contributed by atoms with Crippen LogP contribution in [-0.4, -0.2) is 60.0 Å². The molecule has 0 saturated carbocycles. The van der Waals surface area contributed by atoms with Crippen molar-refractivity contribution >= 4 is 49.1 Å². The van der Waals surface area contributed by atoms with Gasteiger partial charge in [0.25, 0.3) is 11.6 Å². The summed E-state index contributed by atoms with van der Waals surface area (Å²) in [5.41, 5.74) is 1.58. The van der Waals surface area contributed by atoms with Gasteiger partial charge in [0.15, 0.2) is 5.13 Å². The molecule has 0 atom stereocenters. The summed E-state index contributed by atoms with van der Waals surface area (Å²) in [6.45, 7) is 4.79. The Kier molecular flexibility index (Phi) is 5.89. The number of anilines is 1. The highest BCUT2D eigenvalue weighted by Gasteiger charge is 2.20. The molecule has 1 aliphatic heterocycles. The monoisotopic (exact) mass is 461 g/mol. The highest BCUT2D eigenvalue weighted by molar-refractivity contribution is 7.22. The van der Waals surface area contributed by atoms with E-state index in [2.05, 4.69) is 20.1 Å². The molecular weight excluding hydrogens is 438 g/mol. The van der Waals surface area contributed by atoms with Crippen molar-refractivity contribution in [3.8, 4) is 0 Å². The lowest BCUT2D eigenvalue weighted by molar-refractivity contribution is -0.384. The van der Waals surface area contributed by atoms with Gasteiger partial charge >= 0.3 is 0 Å². The largest absolute Gasteiger partial charge is 0.351 e. The van der Waals surface area contributed by atoms with Crippen LogP contribution in [0.5, 0.6) is 0 Å². The number of non-ortho nitro benzene ring substituents is 1. The molecule has 0 aliphatic carbocycles. The minimum Gasteiger partial charge on any atom is -0.351 e. The van der Waals surface area contributed by atoms with Crippen molar-refractivity contribution in [1.29, 1.82) is 0 Å². The van der Waals surface area contributed by atoms with Crippen LogP contribution in [0.15, 0.2) is 60.7 Å². The van der Waals surface area contributed by atoms with Gasteiger partial charge in [-0.2, -0.15) is 0 Å². The predicted molar refractivity (Wildman–Crippen MR) is 131 cm³/mol. The van der Waals surface area contributed by atoms with E-state index in [9.17, 15) is 14.9 Å². The van der Waals surface area contributed by atoms with Gasteiger partial charge in [-0.3, -0.25) is 19.8 Å². The molecule has 0 unspecified atom stereocenters. The number of nitrogens with one attached hydrogen (secondary N) is 1. The van der Waals surface area contributed by atoms with Gasteiger partial charge in [-0.15, -0.1) is 0 Å². The second kappa shape index (κ2) is 9.13. The van der Waals surface area contributed by atoms with E-state index >= 15 is 0 Å². The van der Waals surface area contributed by atoms with Crippen molar-refractivity contribution in [2.75, 3.05) is 44.2 Å². The number of piperazine rings is 1. The van der Waals surface area contributed by atoms with E-state index in [0.717, 1.165) is 58.8 Å². The van der Waals surface area contributed by atoms with Crippen molar-refractivity contribution in [3.63, 3.8) is 0 Å². The van der Waals surface area contributed by atoms with Crippen LogP contribution in [0, 0.1) is 10.1 Å². The quantitative estimate of drug-likeness (QED) is 0.346. The topological polar surface area (TPSA) is 91.6 Å². The molecular formula is C24H23N5O3S. The lowest BCUT2D eigenvalue weighted by Crippen LogP contribution is -2.48. The number of rotatable bonds is 6. The van der Waals surface area contributed by atoms with Crippen molar-refractivity contribution in [2.24, 2.45) is 0 Å². The van der Waals surface area contributed by atoms with Crippen LogP contribution < -0.4 is 10.2 Å². The number of nitrogens with zero attached hydrogens (tertiary/aromatic N) is 4. The van der Waals surface area contributed by atoms with Gasteiger partial charge < -0.3 is 10.2 Å². The summed E-state index contributed by atoms with van der Waals surface area (Å²) in [5, 5.41) is 17.0. The third kappa shape index (κ3) is 4.50. The first kappa shape index (κ1) is 21.3. The molecule has 2 heterocycles. The number of nitro benzene ring substituents is 1. The summed E-state index contributed by atoms with van der Waals surface area (Å²) in [7, 11) is 0. The number of benzene rings is 3. The van der Waals surface area contributed by atoms with E-state index in [1.807, 2.05) is 42.5 Å². The fourth-order valence-electron chi connectivity index (χ4n) is 4.16. The highest BCUT2D eigenvalue weighted by atomic mass is 32.1. The highest BCUT2D eigenvalue weighted by Crippen LogP contribution is 2.31. The third-order valence-electron chi connectivity index (χ3n) is 5.96. The molecule has 3 aromatic carbocycles. The number of carbonyl (C=O) groups excluding carboxylic acids is 1. The Balaban J connectivity index is 1.14. The second-order valence-corrected chi connectivity index (χ2v) is 9.03. The number of aromatic nitrogens is 1. The number of hydrogen-bond donors (Lipinski definition) is 1. The van der Waals surface area contributed by atoms with Crippen molar-refractivity contribution in [1.82, 2.24) is 15.2 Å². The normalized spacial score (nSPS) is 14.6. The van der Waals surface area contributed by atoms with Crippen molar-refractivity contribution < 1.29 is 9.72 Å².